The number of aryl methyl sites for hydroxylation is 1. The molecule has 0 saturated heterocycles. The van der Waals surface area contributed by atoms with Crippen LogP contribution in [0.2, 0.25) is 0 Å². The van der Waals surface area contributed by atoms with Crippen molar-refractivity contribution in [3.63, 3.8) is 0 Å². The van der Waals surface area contributed by atoms with Gasteiger partial charge in [0.15, 0.2) is 9.84 Å². The first-order valence-electron chi connectivity index (χ1n) is 6.55. The summed E-state index contributed by atoms with van der Waals surface area (Å²) in [5, 5.41) is 3.31. The van der Waals surface area contributed by atoms with Gasteiger partial charge in [0.1, 0.15) is 0 Å². The van der Waals surface area contributed by atoms with Gasteiger partial charge < -0.3 is 5.32 Å². The molecular formula is C14H21NO2S. The topological polar surface area (TPSA) is 46.2 Å². The van der Waals surface area contributed by atoms with Gasteiger partial charge in [0, 0.05) is 6.04 Å². The van der Waals surface area contributed by atoms with Gasteiger partial charge in [-0.15, -0.1) is 0 Å². The quantitative estimate of drug-likeness (QED) is 0.859. The molecule has 0 bridgehead atoms. The number of hydrogen-bond donors (Lipinski definition) is 1. The maximum absolute atomic E-state index is 12.4. The second kappa shape index (κ2) is 5.41. The third kappa shape index (κ3) is 3.33. The van der Waals surface area contributed by atoms with Crippen LogP contribution in [0.3, 0.4) is 0 Å². The van der Waals surface area contributed by atoms with Crippen molar-refractivity contribution in [3.05, 3.63) is 29.8 Å². The Morgan fingerprint density at radius 2 is 2.11 bits per heavy atom. The van der Waals surface area contributed by atoms with Crippen LogP contribution in [-0.2, 0) is 9.84 Å². The molecule has 1 aromatic carbocycles. The fourth-order valence-corrected chi connectivity index (χ4v) is 3.97. The Morgan fingerprint density at radius 3 is 2.67 bits per heavy atom. The summed E-state index contributed by atoms with van der Waals surface area (Å²) >= 11 is 0. The van der Waals surface area contributed by atoms with E-state index in [1.54, 1.807) is 12.1 Å². The largest absolute Gasteiger partial charge is 0.313 e. The predicted molar refractivity (Wildman–Crippen MR) is 73.4 cm³/mol. The van der Waals surface area contributed by atoms with Crippen LogP contribution in [0.4, 0.5) is 0 Å². The molecular weight excluding hydrogens is 246 g/mol. The van der Waals surface area contributed by atoms with E-state index in [2.05, 4.69) is 5.32 Å². The first kappa shape index (κ1) is 13.6. The van der Waals surface area contributed by atoms with Crippen molar-refractivity contribution < 1.29 is 8.42 Å². The molecule has 0 aliphatic heterocycles. The first-order valence-corrected chi connectivity index (χ1v) is 8.21. The van der Waals surface area contributed by atoms with Crippen molar-refractivity contribution in [2.45, 2.75) is 37.6 Å². The van der Waals surface area contributed by atoms with Crippen LogP contribution in [0.5, 0.6) is 0 Å². The lowest BCUT2D eigenvalue weighted by atomic mass is 10.2. The van der Waals surface area contributed by atoms with E-state index >= 15 is 0 Å². The number of sulfone groups is 1. The molecule has 0 spiro atoms. The lowest BCUT2D eigenvalue weighted by Gasteiger charge is -2.17. The molecule has 1 fully saturated rings. The Bertz CT molecular complexity index is 506. The maximum atomic E-state index is 12.4. The fourth-order valence-electron chi connectivity index (χ4n) is 2.26. The lowest BCUT2D eigenvalue weighted by molar-refractivity contribution is 0.502. The van der Waals surface area contributed by atoms with Crippen LogP contribution in [0.1, 0.15) is 25.3 Å². The molecule has 100 valence electrons. The molecule has 0 radical (unpaired) electrons. The maximum Gasteiger partial charge on any atom is 0.179 e. The minimum Gasteiger partial charge on any atom is -0.313 e. The number of nitrogens with one attached hydrogen (secondary N) is 1. The van der Waals surface area contributed by atoms with Gasteiger partial charge in [-0.3, -0.25) is 0 Å². The molecule has 18 heavy (non-hydrogen) atoms. The first-order chi connectivity index (χ1) is 8.53. The summed E-state index contributed by atoms with van der Waals surface area (Å²) < 4.78 is 24.7. The van der Waals surface area contributed by atoms with Crippen LogP contribution in [0.15, 0.2) is 29.2 Å². The van der Waals surface area contributed by atoms with Gasteiger partial charge in [0.25, 0.3) is 0 Å². The molecule has 1 atom stereocenters. The van der Waals surface area contributed by atoms with Crippen LogP contribution in [0.25, 0.3) is 0 Å². The molecule has 2 rings (SSSR count). The van der Waals surface area contributed by atoms with Crippen LogP contribution >= 0.6 is 0 Å². The standard InChI is InChI=1S/C14H21NO2S/c1-3-15-14(12-7-8-12)10-18(16,17)13-6-4-5-11(2)9-13/h4-6,9,12,14-15H,3,7-8,10H2,1-2H3. The molecule has 0 aromatic heterocycles. The van der Waals surface area contributed by atoms with Crippen molar-refractivity contribution in [3.8, 4) is 0 Å². The highest BCUT2D eigenvalue weighted by molar-refractivity contribution is 7.91. The van der Waals surface area contributed by atoms with Gasteiger partial charge in [-0.2, -0.15) is 0 Å². The molecule has 1 saturated carbocycles. The van der Waals surface area contributed by atoms with Crippen LogP contribution in [-0.4, -0.2) is 26.8 Å². The van der Waals surface area contributed by atoms with E-state index in [0.29, 0.717) is 10.8 Å². The monoisotopic (exact) mass is 267 g/mol. The van der Waals surface area contributed by atoms with Gasteiger partial charge in [-0.25, -0.2) is 8.42 Å². The highest BCUT2D eigenvalue weighted by atomic mass is 32.2. The van der Waals surface area contributed by atoms with Gasteiger partial charge in [0.05, 0.1) is 10.6 Å². The van der Waals surface area contributed by atoms with E-state index in [0.717, 1.165) is 24.9 Å². The average molecular weight is 267 g/mol. The molecule has 3 nitrogen and oxygen atoms in total. The van der Waals surface area contributed by atoms with E-state index in [4.69, 9.17) is 0 Å². The van der Waals surface area contributed by atoms with E-state index in [1.807, 2.05) is 26.0 Å². The molecule has 1 aliphatic carbocycles. The van der Waals surface area contributed by atoms with Crippen LogP contribution in [0, 0.1) is 12.8 Å². The van der Waals surface area contributed by atoms with E-state index in [-0.39, 0.29) is 11.8 Å². The summed E-state index contributed by atoms with van der Waals surface area (Å²) in [7, 11) is -3.17. The normalized spacial score (nSPS) is 17.7. The minimum atomic E-state index is -3.17. The zero-order valence-corrected chi connectivity index (χ0v) is 11.8. The second-order valence-electron chi connectivity index (χ2n) is 5.10. The molecule has 4 heteroatoms. The highest BCUT2D eigenvalue weighted by Crippen LogP contribution is 2.33. The third-order valence-electron chi connectivity index (χ3n) is 3.40. The van der Waals surface area contributed by atoms with Crippen LogP contribution < -0.4 is 5.32 Å². The zero-order chi connectivity index (χ0) is 13.2. The number of rotatable bonds is 6. The van der Waals surface area contributed by atoms with Crippen molar-refractivity contribution in [1.82, 2.24) is 5.32 Å². The van der Waals surface area contributed by atoms with E-state index in [9.17, 15) is 8.42 Å². The molecule has 1 aliphatic rings. The van der Waals surface area contributed by atoms with Crippen molar-refractivity contribution in [2.75, 3.05) is 12.3 Å². The summed E-state index contributed by atoms with van der Waals surface area (Å²) in [4.78, 5) is 0.450. The Morgan fingerprint density at radius 1 is 1.39 bits per heavy atom. The molecule has 1 unspecified atom stereocenters. The summed E-state index contributed by atoms with van der Waals surface area (Å²) in [6.07, 6.45) is 2.31. The van der Waals surface area contributed by atoms with Crippen molar-refractivity contribution >= 4 is 9.84 Å². The Balaban J connectivity index is 2.15. The predicted octanol–water partition coefficient (Wildman–Crippen LogP) is 2.16. The highest BCUT2D eigenvalue weighted by Gasteiger charge is 2.34. The second-order valence-corrected chi connectivity index (χ2v) is 7.13. The summed E-state index contributed by atoms with van der Waals surface area (Å²) in [5.74, 6) is 0.763. The van der Waals surface area contributed by atoms with E-state index < -0.39 is 9.84 Å². The Kier molecular flexibility index (Phi) is 4.07. The number of hydrogen-bond acceptors (Lipinski definition) is 3. The minimum absolute atomic E-state index is 0.112. The lowest BCUT2D eigenvalue weighted by Crippen LogP contribution is -2.37. The van der Waals surface area contributed by atoms with Gasteiger partial charge in [0.2, 0.25) is 0 Å². The molecule has 0 amide bonds. The average Bonchev–Trinajstić information content (AvgIpc) is 3.12. The molecule has 1 N–H and O–H groups in total. The van der Waals surface area contributed by atoms with Crippen molar-refractivity contribution in [1.29, 1.82) is 0 Å². The Hall–Kier alpha value is -0.870. The summed E-state index contributed by atoms with van der Waals surface area (Å²) in [6, 6.07) is 7.28. The molecule has 1 aromatic rings. The Labute approximate surface area is 110 Å². The SMILES string of the molecule is CCNC(CS(=O)(=O)c1cccc(C)c1)C1CC1. The van der Waals surface area contributed by atoms with Gasteiger partial charge >= 0.3 is 0 Å². The van der Waals surface area contributed by atoms with Gasteiger partial charge in [-0.1, -0.05) is 19.1 Å². The van der Waals surface area contributed by atoms with Crippen molar-refractivity contribution in [2.24, 2.45) is 5.92 Å². The fraction of sp³-hybridized carbons (Fsp3) is 0.571. The summed E-state index contributed by atoms with van der Waals surface area (Å²) in [5.41, 5.74) is 0.988. The van der Waals surface area contributed by atoms with Gasteiger partial charge in [-0.05, 0) is 49.9 Å². The molecule has 0 heterocycles. The summed E-state index contributed by atoms with van der Waals surface area (Å²) in [6.45, 7) is 4.76. The van der Waals surface area contributed by atoms with E-state index in [1.165, 1.54) is 0 Å². The zero-order valence-electron chi connectivity index (χ0n) is 11.0. The number of benzene rings is 1. The smallest absolute Gasteiger partial charge is 0.179 e. The third-order valence-corrected chi connectivity index (χ3v) is 5.18.